The van der Waals surface area contributed by atoms with Crippen LogP contribution in [0.4, 0.5) is 0 Å². The number of methoxy groups -OCH3 is 1. The molecule has 3 aromatic rings. The van der Waals surface area contributed by atoms with Gasteiger partial charge >= 0.3 is 0 Å². The van der Waals surface area contributed by atoms with Crippen molar-refractivity contribution in [3.8, 4) is 5.75 Å². The lowest BCUT2D eigenvalue weighted by Crippen LogP contribution is -2.42. The molecule has 0 radical (unpaired) electrons. The predicted molar refractivity (Wildman–Crippen MR) is 128 cm³/mol. The van der Waals surface area contributed by atoms with Crippen LogP contribution in [-0.2, 0) is 11.8 Å². The van der Waals surface area contributed by atoms with E-state index in [1.54, 1.807) is 7.11 Å². The summed E-state index contributed by atoms with van der Waals surface area (Å²) in [5.74, 6) is 0.884. The van der Waals surface area contributed by atoms with Crippen molar-refractivity contribution in [2.45, 2.75) is 53.4 Å². The highest BCUT2D eigenvalue weighted by atomic mass is 16.5. The molecule has 0 heterocycles. The van der Waals surface area contributed by atoms with E-state index in [1.165, 1.54) is 22.3 Å². The minimum absolute atomic E-state index is 0.0471. The Morgan fingerprint density at radius 2 is 1.07 bits per heavy atom. The second kappa shape index (κ2) is 8.30. The van der Waals surface area contributed by atoms with Crippen LogP contribution < -0.4 is 4.74 Å². The molecule has 3 rings (SSSR count). The van der Waals surface area contributed by atoms with Crippen LogP contribution in [0.2, 0.25) is 0 Å². The first-order valence-corrected chi connectivity index (χ1v) is 10.9. The number of hydrogen-bond acceptors (Lipinski definition) is 1. The number of hydrogen-bond donors (Lipinski definition) is 0. The Balaban J connectivity index is 2.25. The van der Waals surface area contributed by atoms with Crippen molar-refractivity contribution >= 4 is 0 Å². The van der Waals surface area contributed by atoms with Gasteiger partial charge in [-0.2, -0.15) is 0 Å². The zero-order valence-electron chi connectivity index (χ0n) is 19.6. The molecule has 0 fully saturated rings. The molecule has 1 nitrogen and oxygen atoms in total. The molecule has 1 atom stereocenters. The molecule has 0 saturated carbocycles. The van der Waals surface area contributed by atoms with Crippen LogP contribution >= 0.6 is 0 Å². The molecule has 0 saturated heterocycles. The molecule has 0 N–H and O–H groups in total. The monoisotopic (exact) mass is 400 g/mol. The Kier molecular flexibility index (Phi) is 6.13. The Hall–Kier alpha value is -2.54. The molecule has 3 aromatic carbocycles. The van der Waals surface area contributed by atoms with Gasteiger partial charge in [-0.1, -0.05) is 108 Å². The molecule has 0 spiro atoms. The summed E-state index contributed by atoms with van der Waals surface area (Å²) < 4.78 is 5.44. The van der Waals surface area contributed by atoms with E-state index in [-0.39, 0.29) is 16.2 Å². The van der Waals surface area contributed by atoms with E-state index >= 15 is 0 Å². The van der Waals surface area contributed by atoms with Gasteiger partial charge in [-0.15, -0.1) is 0 Å². The Labute approximate surface area is 183 Å². The largest absolute Gasteiger partial charge is 0.497 e. The smallest absolute Gasteiger partial charge is 0.118 e. The van der Waals surface area contributed by atoms with E-state index in [2.05, 4.69) is 120 Å². The maximum atomic E-state index is 5.44. The Bertz CT molecular complexity index is 938. The minimum atomic E-state index is -0.277. The van der Waals surface area contributed by atoms with Crippen molar-refractivity contribution < 1.29 is 4.74 Å². The fourth-order valence-corrected chi connectivity index (χ4v) is 4.81. The summed E-state index contributed by atoms with van der Waals surface area (Å²) in [6, 6.07) is 28.8. The van der Waals surface area contributed by atoms with Crippen molar-refractivity contribution in [2.75, 3.05) is 7.11 Å². The van der Waals surface area contributed by atoms with Gasteiger partial charge in [-0.3, -0.25) is 0 Å². The summed E-state index contributed by atoms with van der Waals surface area (Å²) in [5.41, 5.74) is 5.26. The van der Waals surface area contributed by atoms with Crippen molar-refractivity contribution in [2.24, 2.45) is 10.8 Å². The number of benzene rings is 3. The van der Waals surface area contributed by atoms with E-state index in [1.807, 2.05) is 0 Å². The van der Waals surface area contributed by atoms with Crippen LogP contribution in [0.15, 0.2) is 78.9 Å². The first-order valence-electron chi connectivity index (χ1n) is 10.9. The maximum absolute atomic E-state index is 5.44. The summed E-state index contributed by atoms with van der Waals surface area (Å²) in [4.78, 5) is 0. The second-order valence-corrected chi connectivity index (χ2v) is 10.5. The summed E-state index contributed by atoms with van der Waals surface area (Å²) in [6.07, 6.45) is 1.07. The van der Waals surface area contributed by atoms with Crippen LogP contribution in [0.25, 0.3) is 0 Å². The first kappa shape index (κ1) is 22.2. The Morgan fingerprint density at radius 1 is 0.600 bits per heavy atom. The van der Waals surface area contributed by atoms with Crippen LogP contribution in [0.3, 0.4) is 0 Å². The van der Waals surface area contributed by atoms with E-state index in [9.17, 15) is 0 Å². The van der Waals surface area contributed by atoms with Crippen LogP contribution in [0, 0.1) is 10.8 Å². The van der Waals surface area contributed by atoms with Gasteiger partial charge in [0, 0.05) is 5.41 Å². The highest BCUT2D eigenvalue weighted by Gasteiger charge is 2.46. The average molecular weight is 401 g/mol. The molecule has 0 amide bonds. The summed E-state index contributed by atoms with van der Waals surface area (Å²) in [7, 11) is 1.72. The Morgan fingerprint density at radius 3 is 1.50 bits per heavy atom. The van der Waals surface area contributed by atoms with Crippen LogP contribution in [0.5, 0.6) is 5.75 Å². The molecule has 0 aliphatic heterocycles. The van der Waals surface area contributed by atoms with Crippen molar-refractivity contribution in [1.29, 1.82) is 0 Å². The summed E-state index contributed by atoms with van der Waals surface area (Å²) in [6.45, 7) is 13.9. The molecule has 1 unspecified atom stereocenters. The lowest BCUT2D eigenvalue weighted by Gasteiger charge is -2.47. The zero-order valence-corrected chi connectivity index (χ0v) is 19.6. The van der Waals surface area contributed by atoms with Gasteiger partial charge in [0.25, 0.3) is 0 Å². The lowest BCUT2D eigenvalue weighted by atomic mass is 9.56. The van der Waals surface area contributed by atoms with Gasteiger partial charge in [0.05, 0.1) is 7.11 Å². The summed E-state index contributed by atoms with van der Waals surface area (Å²) >= 11 is 0. The molecular weight excluding hydrogens is 364 g/mol. The second-order valence-electron chi connectivity index (χ2n) is 10.5. The topological polar surface area (TPSA) is 9.23 Å². The van der Waals surface area contributed by atoms with Gasteiger partial charge in [-0.25, -0.2) is 0 Å². The van der Waals surface area contributed by atoms with Gasteiger partial charge in [0.2, 0.25) is 0 Å². The molecular formula is C29H36O. The fourth-order valence-electron chi connectivity index (χ4n) is 4.81. The summed E-state index contributed by atoms with van der Waals surface area (Å²) in [5, 5.41) is 0. The van der Waals surface area contributed by atoms with Gasteiger partial charge in [0.15, 0.2) is 0 Å². The fraction of sp³-hybridized carbons (Fsp3) is 0.379. The maximum Gasteiger partial charge on any atom is 0.118 e. The lowest BCUT2D eigenvalue weighted by molar-refractivity contribution is 0.272. The normalized spacial score (nSPS) is 14.2. The molecule has 0 aliphatic carbocycles. The number of ether oxygens (including phenoxy) is 1. The highest BCUT2D eigenvalue weighted by Crippen LogP contribution is 2.52. The molecule has 30 heavy (non-hydrogen) atoms. The van der Waals surface area contributed by atoms with E-state index < -0.39 is 0 Å². The van der Waals surface area contributed by atoms with Crippen molar-refractivity contribution in [3.05, 3.63) is 101 Å². The molecule has 158 valence electrons. The van der Waals surface area contributed by atoms with Crippen LogP contribution in [-0.4, -0.2) is 7.11 Å². The third kappa shape index (κ3) is 4.31. The van der Waals surface area contributed by atoms with Crippen LogP contribution in [0.1, 0.15) is 63.8 Å². The quantitative estimate of drug-likeness (QED) is 0.399. The highest BCUT2D eigenvalue weighted by molar-refractivity contribution is 5.53. The van der Waals surface area contributed by atoms with E-state index in [4.69, 9.17) is 4.74 Å². The van der Waals surface area contributed by atoms with Gasteiger partial charge < -0.3 is 4.74 Å². The van der Waals surface area contributed by atoms with E-state index in [0.29, 0.717) is 0 Å². The molecule has 0 aliphatic rings. The third-order valence-corrected chi connectivity index (χ3v) is 5.98. The van der Waals surface area contributed by atoms with Crippen molar-refractivity contribution in [3.63, 3.8) is 0 Å². The van der Waals surface area contributed by atoms with Crippen molar-refractivity contribution in [1.82, 2.24) is 0 Å². The predicted octanol–water partition coefficient (Wildman–Crippen LogP) is 7.66. The molecule has 0 bridgehead atoms. The average Bonchev–Trinajstić information content (AvgIpc) is 2.69. The molecule has 0 aromatic heterocycles. The standard InChI is InChI=1S/C29H36O/c1-27(2,3)21-22-13-15-24(16-14-22)29(28(4,5)6,23-11-9-8-10-12-23)25-17-19-26(30-7)20-18-25/h8-20H,21H2,1-7H3. The SMILES string of the molecule is COc1ccc(C(c2ccccc2)(c2ccc(CC(C)(C)C)cc2)C(C)(C)C)cc1. The first-order chi connectivity index (χ1) is 14.1. The zero-order chi connectivity index (χ0) is 22.0. The van der Waals surface area contributed by atoms with Gasteiger partial charge in [-0.05, 0) is 51.6 Å². The number of rotatable bonds is 5. The van der Waals surface area contributed by atoms with E-state index in [0.717, 1.165) is 12.2 Å². The minimum Gasteiger partial charge on any atom is -0.497 e. The molecule has 1 heteroatoms. The van der Waals surface area contributed by atoms with Gasteiger partial charge in [0.1, 0.15) is 5.75 Å². The third-order valence-electron chi connectivity index (χ3n) is 5.98.